The molecule has 1 amide bonds. The van der Waals surface area contributed by atoms with Gasteiger partial charge in [0.2, 0.25) is 0 Å². The van der Waals surface area contributed by atoms with Crippen LogP contribution >= 0.6 is 11.3 Å². The lowest BCUT2D eigenvalue weighted by Crippen LogP contribution is -2.39. The number of amides is 1. The van der Waals surface area contributed by atoms with E-state index in [0.29, 0.717) is 18.2 Å². The summed E-state index contributed by atoms with van der Waals surface area (Å²) in [5.74, 6) is 0.321. The van der Waals surface area contributed by atoms with E-state index in [1.165, 1.54) is 4.70 Å². The minimum atomic E-state index is 0.0159. The number of fused-ring (bicyclic) bond motifs is 2. The first-order valence-corrected chi connectivity index (χ1v) is 10.1. The van der Waals surface area contributed by atoms with Crippen molar-refractivity contribution in [2.45, 2.75) is 25.7 Å². The molecule has 1 saturated heterocycles. The van der Waals surface area contributed by atoms with Crippen LogP contribution in [-0.2, 0) is 0 Å². The van der Waals surface area contributed by atoms with Crippen molar-refractivity contribution in [3.8, 4) is 0 Å². The molecule has 4 heterocycles. The van der Waals surface area contributed by atoms with Gasteiger partial charge in [-0.25, -0.2) is 9.97 Å². The van der Waals surface area contributed by atoms with E-state index < -0.39 is 0 Å². The lowest BCUT2D eigenvalue weighted by Gasteiger charge is -2.31. The second kappa shape index (κ2) is 6.46. The van der Waals surface area contributed by atoms with Gasteiger partial charge < -0.3 is 9.30 Å². The monoisotopic (exact) mass is 376 g/mol. The Morgan fingerprint density at radius 1 is 1.22 bits per heavy atom. The van der Waals surface area contributed by atoms with Crippen LogP contribution in [0.15, 0.2) is 48.8 Å². The summed E-state index contributed by atoms with van der Waals surface area (Å²) in [6.07, 6.45) is 5.86. The third kappa shape index (κ3) is 3.00. The molecule has 5 rings (SSSR count). The maximum Gasteiger partial charge on any atom is 0.274 e. The van der Waals surface area contributed by atoms with Crippen LogP contribution in [0, 0.1) is 6.92 Å². The van der Waals surface area contributed by atoms with Crippen LogP contribution < -0.4 is 0 Å². The standard InChI is InChI=1S/C21H20N4OS/c1-14-8-10-24-13-17(22-19(24)11-14)21(26)25-9-4-5-15(12-25)20-23-16-6-2-3-7-18(16)27-20/h2-3,6-8,10-11,13,15H,4-5,9,12H2,1H3. The normalized spacial score (nSPS) is 17.7. The Kier molecular flexibility index (Phi) is 3.93. The van der Waals surface area contributed by atoms with Crippen molar-refractivity contribution in [2.24, 2.45) is 0 Å². The molecular formula is C21H20N4OS. The van der Waals surface area contributed by atoms with E-state index in [2.05, 4.69) is 17.1 Å². The van der Waals surface area contributed by atoms with Crippen LogP contribution in [0.5, 0.6) is 0 Å². The molecule has 5 nitrogen and oxygen atoms in total. The van der Waals surface area contributed by atoms with Gasteiger partial charge in [0.1, 0.15) is 11.3 Å². The number of carbonyl (C=O) groups excluding carboxylic acids is 1. The maximum absolute atomic E-state index is 13.0. The van der Waals surface area contributed by atoms with E-state index in [9.17, 15) is 4.79 Å². The van der Waals surface area contributed by atoms with Gasteiger partial charge in [-0.2, -0.15) is 0 Å². The van der Waals surface area contributed by atoms with E-state index in [-0.39, 0.29) is 5.91 Å². The van der Waals surface area contributed by atoms with Gasteiger partial charge in [0.25, 0.3) is 5.91 Å². The molecular weight excluding hydrogens is 356 g/mol. The number of likely N-dealkylation sites (tertiary alicyclic amines) is 1. The summed E-state index contributed by atoms with van der Waals surface area (Å²) in [7, 11) is 0. The van der Waals surface area contributed by atoms with Crippen molar-refractivity contribution >= 4 is 33.1 Å². The Hall–Kier alpha value is -2.73. The predicted molar refractivity (Wildman–Crippen MR) is 107 cm³/mol. The van der Waals surface area contributed by atoms with Crippen molar-refractivity contribution in [1.82, 2.24) is 19.3 Å². The van der Waals surface area contributed by atoms with Crippen LogP contribution in [-0.4, -0.2) is 38.3 Å². The topological polar surface area (TPSA) is 50.5 Å². The van der Waals surface area contributed by atoms with E-state index in [1.807, 2.05) is 52.9 Å². The summed E-state index contributed by atoms with van der Waals surface area (Å²) >= 11 is 1.75. The first kappa shape index (κ1) is 16.4. The molecule has 0 bridgehead atoms. The molecule has 0 aliphatic carbocycles. The summed E-state index contributed by atoms with van der Waals surface area (Å²) in [6, 6.07) is 12.3. The Balaban J connectivity index is 1.40. The third-order valence-corrected chi connectivity index (χ3v) is 6.40. The molecule has 6 heteroatoms. The fourth-order valence-corrected chi connectivity index (χ4v) is 4.87. The van der Waals surface area contributed by atoms with E-state index in [1.54, 1.807) is 11.3 Å². The van der Waals surface area contributed by atoms with Crippen LogP contribution in [0.25, 0.3) is 15.9 Å². The molecule has 0 saturated carbocycles. The summed E-state index contributed by atoms with van der Waals surface area (Å²) in [5.41, 5.74) is 3.53. The fourth-order valence-electron chi connectivity index (χ4n) is 3.78. The number of carbonyl (C=O) groups is 1. The molecule has 0 N–H and O–H groups in total. The van der Waals surface area contributed by atoms with Gasteiger partial charge in [0, 0.05) is 31.4 Å². The smallest absolute Gasteiger partial charge is 0.274 e. The highest BCUT2D eigenvalue weighted by molar-refractivity contribution is 7.18. The van der Waals surface area contributed by atoms with Crippen molar-refractivity contribution in [3.63, 3.8) is 0 Å². The number of hydrogen-bond donors (Lipinski definition) is 0. The van der Waals surface area contributed by atoms with Crippen molar-refractivity contribution in [2.75, 3.05) is 13.1 Å². The summed E-state index contributed by atoms with van der Waals surface area (Å²) < 4.78 is 3.13. The van der Waals surface area contributed by atoms with Crippen molar-refractivity contribution in [3.05, 3.63) is 65.1 Å². The quantitative estimate of drug-likeness (QED) is 0.525. The van der Waals surface area contributed by atoms with Crippen LogP contribution in [0.2, 0.25) is 0 Å². The molecule has 1 aromatic carbocycles. The lowest BCUT2D eigenvalue weighted by atomic mass is 9.98. The largest absolute Gasteiger partial charge is 0.337 e. The molecule has 27 heavy (non-hydrogen) atoms. The highest BCUT2D eigenvalue weighted by atomic mass is 32.1. The summed E-state index contributed by atoms with van der Waals surface area (Å²) in [4.78, 5) is 24.3. The number of pyridine rings is 1. The van der Waals surface area contributed by atoms with Gasteiger partial charge in [-0.3, -0.25) is 4.79 Å². The maximum atomic E-state index is 13.0. The number of nitrogens with zero attached hydrogens (tertiary/aromatic N) is 4. The van der Waals surface area contributed by atoms with Gasteiger partial charge in [0.05, 0.1) is 15.2 Å². The molecule has 3 aromatic heterocycles. The summed E-state index contributed by atoms with van der Waals surface area (Å²) in [5, 5.41) is 1.14. The molecule has 4 aromatic rings. The SMILES string of the molecule is Cc1ccn2cc(C(=O)N3CCCC(c4nc5ccccc5s4)C3)nc2c1. The van der Waals surface area contributed by atoms with Gasteiger partial charge in [0.15, 0.2) is 0 Å². The zero-order valence-electron chi connectivity index (χ0n) is 15.1. The fraction of sp³-hybridized carbons (Fsp3) is 0.286. The molecule has 0 radical (unpaired) electrons. The minimum Gasteiger partial charge on any atom is -0.337 e. The van der Waals surface area contributed by atoms with Gasteiger partial charge in [-0.1, -0.05) is 12.1 Å². The van der Waals surface area contributed by atoms with E-state index >= 15 is 0 Å². The molecule has 1 fully saturated rings. The molecule has 1 aliphatic heterocycles. The Morgan fingerprint density at radius 2 is 2.11 bits per heavy atom. The second-order valence-electron chi connectivity index (χ2n) is 7.21. The summed E-state index contributed by atoms with van der Waals surface area (Å²) in [6.45, 7) is 3.53. The van der Waals surface area contributed by atoms with Crippen molar-refractivity contribution < 1.29 is 4.79 Å². The lowest BCUT2D eigenvalue weighted by molar-refractivity contribution is 0.0702. The number of imidazole rings is 1. The van der Waals surface area contributed by atoms with Crippen LogP contribution in [0.4, 0.5) is 0 Å². The second-order valence-corrected chi connectivity index (χ2v) is 8.27. The zero-order chi connectivity index (χ0) is 18.4. The first-order valence-electron chi connectivity index (χ1n) is 9.27. The minimum absolute atomic E-state index is 0.0159. The molecule has 1 aliphatic rings. The van der Waals surface area contributed by atoms with E-state index in [4.69, 9.17) is 4.98 Å². The Morgan fingerprint density at radius 3 is 3.00 bits per heavy atom. The number of aryl methyl sites for hydroxylation is 1. The van der Waals surface area contributed by atoms with Crippen molar-refractivity contribution in [1.29, 1.82) is 0 Å². The number of thiazole rings is 1. The number of hydrogen-bond acceptors (Lipinski definition) is 4. The highest BCUT2D eigenvalue weighted by Gasteiger charge is 2.28. The zero-order valence-corrected chi connectivity index (χ0v) is 15.9. The number of piperidine rings is 1. The van der Waals surface area contributed by atoms with Crippen LogP contribution in [0.1, 0.15) is 39.8 Å². The van der Waals surface area contributed by atoms with Crippen LogP contribution in [0.3, 0.4) is 0 Å². The third-order valence-electron chi connectivity index (χ3n) is 5.20. The van der Waals surface area contributed by atoms with E-state index in [0.717, 1.165) is 41.1 Å². The van der Waals surface area contributed by atoms with Gasteiger partial charge in [-0.15, -0.1) is 11.3 Å². The van der Waals surface area contributed by atoms with Gasteiger partial charge >= 0.3 is 0 Å². The number of para-hydroxylation sites is 1. The molecule has 136 valence electrons. The number of rotatable bonds is 2. The average Bonchev–Trinajstić information content (AvgIpc) is 3.31. The first-order chi connectivity index (χ1) is 13.2. The average molecular weight is 376 g/mol. The predicted octanol–water partition coefficient (Wildman–Crippen LogP) is 4.27. The van der Waals surface area contributed by atoms with Gasteiger partial charge in [-0.05, 0) is 49.6 Å². The molecule has 1 atom stereocenters. The number of benzene rings is 1. The highest BCUT2D eigenvalue weighted by Crippen LogP contribution is 2.33. The molecule has 1 unspecified atom stereocenters. The number of aromatic nitrogens is 3. The molecule has 0 spiro atoms. The Labute approximate surface area is 161 Å². The Bertz CT molecular complexity index is 1110.